The summed E-state index contributed by atoms with van der Waals surface area (Å²) in [6, 6.07) is 12.4. The highest BCUT2D eigenvalue weighted by molar-refractivity contribution is 7.89. The maximum absolute atomic E-state index is 13.0. The van der Waals surface area contributed by atoms with Crippen LogP contribution >= 0.6 is 0 Å². The van der Waals surface area contributed by atoms with E-state index in [1.165, 1.54) is 48.5 Å². The molecule has 2 aromatic carbocycles. The SMILES string of the molecule is Cc1cc(-c2ccc(S(N)(=O)=O)cc2)c(Oc2ccc(F)cc2)c(=O)o1. The summed E-state index contributed by atoms with van der Waals surface area (Å²) in [5.74, 6) is 0.0783. The van der Waals surface area contributed by atoms with Crippen molar-refractivity contribution in [3.05, 3.63) is 76.6 Å². The zero-order valence-electron chi connectivity index (χ0n) is 13.6. The van der Waals surface area contributed by atoms with Crippen molar-refractivity contribution in [2.75, 3.05) is 0 Å². The molecule has 0 saturated carbocycles. The van der Waals surface area contributed by atoms with Gasteiger partial charge in [0.25, 0.3) is 0 Å². The first-order chi connectivity index (χ1) is 12.2. The summed E-state index contributed by atoms with van der Waals surface area (Å²) in [7, 11) is -3.83. The molecule has 0 atom stereocenters. The van der Waals surface area contributed by atoms with E-state index in [0.717, 1.165) is 0 Å². The second-order valence-electron chi connectivity index (χ2n) is 5.51. The third-order valence-corrected chi connectivity index (χ3v) is 4.49. The van der Waals surface area contributed by atoms with Gasteiger partial charge >= 0.3 is 5.63 Å². The number of sulfonamides is 1. The molecule has 1 aromatic heterocycles. The van der Waals surface area contributed by atoms with Gasteiger partial charge in [-0.05, 0) is 55.0 Å². The molecule has 3 rings (SSSR count). The molecule has 0 amide bonds. The number of benzene rings is 2. The van der Waals surface area contributed by atoms with E-state index >= 15 is 0 Å². The highest BCUT2D eigenvalue weighted by atomic mass is 32.2. The van der Waals surface area contributed by atoms with Crippen molar-refractivity contribution < 1.29 is 22.0 Å². The number of nitrogens with two attached hydrogens (primary N) is 1. The lowest BCUT2D eigenvalue weighted by molar-refractivity contribution is 0.410. The van der Waals surface area contributed by atoms with Crippen molar-refractivity contribution in [1.82, 2.24) is 0 Å². The number of primary sulfonamides is 1. The summed E-state index contributed by atoms with van der Waals surface area (Å²) in [6.45, 7) is 1.60. The highest BCUT2D eigenvalue weighted by Gasteiger charge is 2.16. The number of hydrogen-bond acceptors (Lipinski definition) is 5. The van der Waals surface area contributed by atoms with Gasteiger partial charge in [0, 0.05) is 5.56 Å². The molecule has 8 heteroatoms. The fraction of sp³-hybridized carbons (Fsp3) is 0.0556. The second-order valence-corrected chi connectivity index (χ2v) is 7.07. The molecular formula is C18H14FNO5S. The number of rotatable bonds is 4. The molecular weight excluding hydrogens is 361 g/mol. The third-order valence-electron chi connectivity index (χ3n) is 3.56. The fourth-order valence-corrected chi connectivity index (χ4v) is 2.87. The lowest BCUT2D eigenvalue weighted by Crippen LogP contribution is -2.11. The van der Waals surface area contributed by atoms with Crippen LogP contribution in [0.2, 0.25) is 0 Å². The summed E-state index contributed by atoms with van der Waals surface area (Å²) < 4.78 is 46.5. The minimum absolute atomic E-state index is 0.0538. The first-order valence-corrected chi connectivity index (χ1v) is 9.00. The number of halogens is 1. The Morgan fingerprint density at radius 2 is 1.65 bits per heavy atom. The van der Waals surface area contributed by atoms with Crippen molar-refractivity contribution in [2.45, 2.75) is 11.8 Å². The smallest absolute Gasteiger partial charge is 0.379 e. The van der Waals surface area contributed by atoms with Crippen molar-refractivity contribution in [1.29, 1.82) is 0 Å². The van der Waals surface area contributed by atoms with Crippen LogP contribution in [0.5, 0.6) is 11.5 Å². The van der Waals surface area contributed by atoms with Crippen LogP contribution in [0.25, 0.3) is 11.1 Å². The van der Waals surface area contributed by atoms with E-state index in [1.807, 2.05) is 0 Å². The summed E-state index contributed by atoms with van der Waals surface area (Å²) in [6.07, 6.45) is 0. The van der Waals surface area contributed by atoms with Crippen LogP contribution in [0.3, 0.4) is 0 Å². The molecule has 0 radical (unpaired) electrons. The van der Waals surface area contributed by atoms with Gasteiger partial charge in [-0.3, -0.25) is 0 Å². The number of hydrogen-bond donors (Lipinski definition) is 1. The minimum Gasteiger partial charge on any atom is -0.449 e. The molecule has 0 bridgehead atoms. The predicted molar refractivity (Wildman–Crippen MR) is 93.0 cm³/mol. The molecule has 1 heterocycles. The lowest BCUT2D eigenvalue weighted by atomic mass is 10.1. The molecule has 26 heavy (non-hydrogen) atoms. The van der Waals surface area contributed by atoms with Crippen LogP contribution in [-0.4, -0.2) is 8.42 Å². The van der Waals surface area contributed by atoms with Gasteiger partial charge in [0.2, 0.25) is 15.8 Å². The van der Waals surface area contributed by atoms with E-state index in [0.29, 0.717) is 16.9 Å². The average molecular weight is 375 g/mol. The monoisotopic (exact) mass is 375 g/mol. The highest BCUT2D eigenvalue weighted by Crippen LogP contribution is 2.32. The van der Waals surface area contributed by atoms with E-state index in [2.05, 4.69) is 0 Å². The van der Waals surface area contributed by atoms with E-state index < -0.39 is 21.5 Å². The largest absolute Gasteiger partial charge is 0.449 e. The van der Waals surface area contributed by atoms with Crippen LogP contribution in [0.15, 0.2) is 68.7 Å². The van der Waals surface area contributed by atoms with Gasteiger partial charge in [0.15, 0.2) is 0 Å². The summed E-state index contributed by atoms with van der Waals surface area (Å²) >= 11 is 0. The molecule has 0 fully saturated rings. The Bertz CT molecular complexity index is 1100. The van der Waals surface area contributed by atoms with Gasteiger partial charge < -0.3 is 9.15 Å². The fourth-order valence-electron chi connectivity index (χ4n) is 2.36. The standard InChI is InChI=1S/C18H14FNO5S/c1-11-10-16(12-2-8-15(9-3-12)26(20,22)23)17(18(21)24-11)25-14-6-4-13(19)5-7-14/h2-10H,1H3,(H2,20,22,23). The maximum Gasteiger partial charge on any atom is 0.379 e. The first kappa shape index (κ1) is 17.8. The first-order valence-electron chi connectivity index (χ1n) is 7.45. The summed E-state index contributed by atoms with van der Waals surface area (Å²) in [5.41, 5.74) is 0.231. The van der Waals surface area contributed by atoms with Gasteiger partial charge in [0.1, 0.15) is 17.3 Å². The van der Waals surface area contributed by atoms with Crippen LogP contribution < -0.4 is 15.5 Å². The lowest BCUT2D eigenvalue weighted by Gasteiger charge is -2.11. The molecule has 6 nitrogen and oxygen atoms in total. The minimum atomic E-state index is -3.83. The van der Waals surface area contributed by atoms with E-state index in [4.69, 9.17) is 14.3 Å². The van der Waals surface area contributed by atoms with Gasteiger partial charge in [-0.15, -0.1) is 0 Å². The molecule has 0 aliphatic rings. The normalized spacial score (nSPS) is 11.3. The molecule has 0 saturated heterocycles. The van der Waals surface area contributed by atoms with Crippen molar-refractivity contribution in [3.8, 4) is 22.6 Å². The molecule has 3 aromatic rings. The van der Waals surface area contributed by atoms with Crippen LogP contribution in [0.4, 0.5) is 4.39 Å². The van der Waals surface area contributed by atoms with Crippen LogP contribution in [-0.2, 0) is 10.0 Å². The van der Waals surface area contributed by atoms with E-state index in [9.17, 15) is 17.6 Å². The topological polar surface area (TPSA) is 99.6 Å². The number of ether oxygens (including phenoxy) is 1. The van der Waals surface area contributed by atoms with Crippen LogP contribution in [0, 0.1) is 12.7 Å². The molecule has 134 valence electrons. The van der Waals surface area contributed by atoms with Gasteiger partial charge in [-0.2, -0.15) is 0 Å². The molecule has 2 N–H and O–H groups in total. The van der Waals surface area contributed by atoms with Gasteiger partial charge in [0.05, 0.1) is 4.90 Å². The molecule has 0 aliphatic carbocycles. The Labute approximate surface area is 148 Å². The van der Waals surface area contributed by atoms with Crippen molar-refractivity contribution in [2.24, 2.45) is 5.14 Å². The summed E-state index contributed by atoms with van der Waals surface area (Å²) in [4.78, 5) is 12.2. The second kappa shape index (κ2) is 6.74. The Kier molecular flexibility index (Phi) is 4.62. The van der Waals surface area contributed by atoms with E-state index in [1.54, 1.807) is 13.0 Å². The Morgan fingerprint density at radius 3 is 2.23 bits per heavy atom. The molecule has 0 spiro atoms. The quantitative estimate of drug-likeness (QED) is 0.755. The zero-order valence-corrected chi connectivity index (χ0v) is 14.4. The zero-order chi connectivity index (χ0) is 18.9. The Morgan fingerprint density at radius 1 is 1.04 bits per heavy atom. The van der Waals surface area contributed by atoms with E-state index in [-0.39, 0.29) is 16.4 Å². The Hall–Kier alpha value is -2.97. The predicted octanol–water partition coefficient (Wildman–Crippen LogP) is 3.19. The molecule has 0 aliphatic heterocycles. The van der Waals surface area contributed by atoms with Gasteiger partial charge in [-0.25, -0.2) is 22.7 Å². The maximum atomic E-state index is 13.0. The van der Waals surface area contributed by atoms with Crippen LogP contribution in [0.1, 0.15) is 5.76 Å². The Balaban J connectivity index is 2.09. The third kappa shape index (κ3) is 3.81. The van der Waals surface area contributed by atoms with Gasteiger partial charge in [-0.1, -0.05) is 12.1 Å². The van der Waals surface area contributed by atoms with Crippen molar-refractivity contribution in [3.63, 3.8) is 0 Å². The van der Waals surface area contributed by atoms with Crippen molar-refractivity contribution >= 4 is 10.0 Å². The molecule has 0 unspecified atom stereocenters. The average Bonchev–Trinajstić information content (AvgIpc) is 2.58. The summed E-state index contributed by atoms with van der Waals surface area (Å²) in [5, 5.41) is 5.09. The number of aryl methyl sites for hydroxylation is 1.